The largest absolute Gasteiger partial charge is 0.399 e. The summed E-state index contributed by atoms with van der Waals surface area (Å²) < 4.78 is 0. The first-order valence-electron chi connectivity index (χ1n) is 5.58. The van der Waals surface area contributed by atoms with Gasteiger partial charge in [0.2, 0.25) is 0 Å². The minimum absolute atomic E-state index is 0.772. The van der Waals surface area contributed by atoms with Crippen LogP contribution in [-0.4, -0.2) is 4.98 Å². The number of nitrogens with two attached hydrogens (primary N) is 1. The Morgan fingerprint density at radius 2 is 2.06 bits per heavy atom. The van der Waals surface area contributed by atoms with Crippen LogP contribution in [0.15, 0.2) is 40.4 Å². The van der Waals surface area contributed by atoms with E-state index in [9.17, 15) is 0 Å². The lowest BCUT2D eigenvalue weighted by Crippen LogP contribution is -1.85. The number of thiazole rings is 1. The number of aryl methyl sites for hydroxylation is 1. The fraction of sp³-hybridized carbons (Fsp3) is 0.0714. The summed E-state index contributed by atoms with van der Waals surface area (Å²) in [6.07, 6.45) is 0. The Balaban J connectivity index is 2.02. The summed E-state index contributed by atoms with van der Waals surface area (Å²) in [7, 11) is 0. The average Bonchev–Trinajstić information content (AvgIpc) is 2.97. The minimum Gasteiger partial charge on any atom is -0.399 e. The Morgan fingerprint density at radius 1 is 1.17 bits per heavy atom. The van der Waals surface area contributed by atoms with Gasteiger partial charge in [-0.05, 0) is 30.0 Å². The van der Waals surface area contributed by atoms with Gasteiger partial charge in [0, 0.05) is 27.6 Å². The summed E-state index contributed by atoms with van der Waals surface area (Å²) in [5, 5.41) is 7.46. The maximum absolute atomic E-state index is 5.80. The van der Waals surface area contributed by atoms with Gasteiger partial charge in [0.05, 0.1) is 5.69 Å². The average molecular weight is 272 g/mol. The summed E-state index contributed by atoms with van der Waals surface area (Å²) in [5.41, 5.74) is 11.2. The summed E-state index contributed by atoms with van der Waals surface area (Å²) in [6.45, 7) is 2.12. The van der Waals surface area contributed by atoms with Crippen LogP contribution in [0.2, 0.25) is 0 Å². The van der Waals surface area contributed by atoms with Crippen molar-refractivity contribution >= 4 is 28.4 Å². The highest BCUT2D eigenvalue weighted by molar-refractivity contribution is 7.14. The SMILES string of the molecule is Cc1cscc1-c1nc(-c2cccc(N)c2)cs1. The van der Waals surface area contributed by atoms with Crippen molar-refractivity contribution in [2.45, 2.75) is 6.92 Å². The molecular formula is C14H12N2S2. The van der Waals surface area contributed by atoms with Crippen LogP contribution in [0, 0.1) is 6.92 Å². The van der Waals surface area contributed by atoms with Crippen molar-refractivity contribution in [2.24, 2.45) is 0 Å². The van der Waals surface area contributed by atoms with Crippen LogP contribution >= 0.6 is 22.7 Å². The second kappa shape index (κ2) is 4.55. The fourth-order valence-corrected chi connectivity index (χ4v) is 3.62. The van der Waals surface area contributed by atoms with E-state index in [1.165, 1.54) is 11.1 Å². The quantitative estimate of drug-likeness (QED) is 0.701. The Hall–Kier alpha value is -1.65. The smallest absolute Gasteiger partial charge is 0.125 e. The Morgan fingerprint density at radius 3 is 2.78 bits per heavy atom. The predicted octanol–water partition coefficient (Wildman–Crippen LogP) is 4.43. The lowest BCUT2D eigenvalue weighted by atomic mass is 10.1. The molecule has 0 fully saturated rings. The van der Waals surface area contributed by atoms with Crippen LogP contribution in [0.1, 0.15) is 5.56 Å². The third-order valence-electron chi connectivity index (χ3n) is 2.77. The number of anilines is 1. The van der Waals surface area contributed by atoms with E-state index < -0.39 is 0 Å². The fourth-order valence-electron chi connectivity index (χ4n) is 1.81. The second-order valence-corrected chi connectivity index (χ2v) is 5.73. The van der Waals surface area contributed by atoms with E-state index in [4.69, 9.17) is 10.7 Å². The molecule has 0 radical (unpaired) electrons. The minimum atomic E-state index is 0.772. The maximum Gasteiger partial charge on any atom is 0.125 e. The maximum atomic E-state index is 5.80. The second-order valence-electron chi connectivity index (χ2n) is 4.13. The van der Waals surface area contributed by atoms with Crippen molar-refractivity contribution in [2.75, 3.05) is 5.73 Å². The standard InChI is InChI=1S/C14H12N2S2/c1-9-6-17-7-12(9)14-16-13(8-18-14)10-3-2-4-11(15)5-10/h2-8H,15H2,1H3. The molecule has 0 unspecified atom stereocenters. The number of aromatic nitrogens is 1. The number of rotatable bonds is 2. The van der Waals surface area contributed by atoms with Crippen LogP contribution in [0.25, 0.3) is 21.8 Å². The molecule has 0 saturated heterocycles. The third-order valence-corrected chi connectivity index (χ3v) is 4.51. The molecule has 2 nitrogen and oxygen atoms in total. The molecule has 0 bridgehead atoms. The number of hydrogen-bond acceptors (Lipinski definition) is 4. The van der Waals surface area contributed by atoms with Gasteiger partial charge >= 0.3 is 0 Å². The molecule has 0 spiro atoms. The zero-order chi connectivity index (χ0) is 12.5. The molecule has 4 heteroatoms. The Labute approximate surface area is 114 Å². The number of nitrogen functional groups attached to an aromatic ring is 1. The Kier molecular flexibility index (Phi) is 2.89. The lowest BCUT2D eigenvalue weighted by Gasteiger charge is -1.98. The summed E-state index contributed by atoms with van der Waals surface area (Å²) in [6, 6.07) is 7.84. The molecule has 1 aromatic carbocycles. The predicted molar refractivity (Wildman–Crippen MR) is 80.0 cm³/mol. The molecule has 0 aliphatic heterocycles. The zero-order valence-electron chi connectivity index (χ0n) is 9.88. The number of hydrogen-bond donors (Lipinski definition) is 1. The van der Waals surface area contributed by atoms with Gasteiger partial charge in [-0.3, -0.25) is 0 Å². The van der Waals surface area contributed by atoms with E-state index in [2.05, 4.69) is 23.1 Å². The van der Waals surface area contributed by atoms with Crippen molar-refractivity contribution in [3.63, 3.8) is 0 Å². The van der Waals surface area contributed by atoms with Crippen LogP contribution in [0.3, 0.4) is 0 Å². The van der Waals surface area contributed by atoms with Gasteiger partial charge in [0.1, 0.15) is 5.01 Å². The number of thiophene rings is 1. The first-order valence-corrected chi connectivity index (χ1v) is 7.41. The monoisotopic (exact) mass is 272 g/mol. The van der Waals surface area contributed by atoms with E-state index in [1.807, 2.05) is 24.3 Å². The number of benzene rings is 1. The van der Waals surface area contributed by atoms with Crippen molar-refractivity contribution in [3.05, 3.63) is 46.0 Å². The van der Waals surface area contributed by atoms with Gasteiger partial charge in [-0.25, -0.2) is 4.98 Å². The zero-order valence-corrected chi connectivity index (χ0v) is 11.5. The normalized spacial score (nSPS) is 10.7. The molecule has 0 saturated carbocycles. The first-order chi connectivity index (χ1) is 8.74. The van der Waals surface area contributed by atoms with Crippen molar-refractivity contribution in [1.82, 2.24) is 4.98 Å². The molecule has 0 amide bonds. The molecule has 0 aliphatic rings. The van der Waals surface area contributed by atoms with E-state index >= 15 is 0 Å². The molecule has 90 valence electrons. The van der Waals surface area contributed by atoms with Crippen LogP contribution in [-0.2, 0) is 0 Å². The Bertz CT molecular complexity index is 682. The van der Waals surface area contributed by atoms with Gasteiger partial charge < -0.3 is 5.73 Å². The molecule has 2 N–H and O–H groups in total. The van der Waals surface area contributed by atoms with Gasteiger partial charge in [0.15, 0.2) is 0 Å². The van der Waals surface area contributed by atoms with Crippen molar-refractivity contribution in [3.8, 4) is 21.8 Å². The molecule has 2 aromatic heterocycles. The highest BCUT2D eigenvalue weighted by Crippen LogP contribution is 2.32. The van der Waals surface area contributed by atoms with Gasteiger partial charge in [-0.1, -0.05) is 12.1 Å². The van der Waals surface area contributed by atoms with Gasteiger partial charge in [0.25, 0.3) is 0 Å². The van der Waals surface area contributed by atoms with Gasteiger partial charge in [-0.15, -0.1) is 11.3 Å². The van der Waals surface area contributed by atoms with Crippen molar-refractivity contribution in [1.29, 1.82) is 0 Å². The van der Waals surface area contributed by atoms with Crippen LogP contribution < -0.4 is 5.73 Å². The molecule has 3 rings (SSSR count). The summed E-state index contributed by atoms with van der Waals surface area (Å²) in [4.78, 5) is 4.69. The van der Waals surface area contributed by atoms with Gasteiger partial charge in [-0.2, -0.15) is 11.3 Å². The first kappa shape index (κ1) is 11.4. The van der Waals surface area contributed by atoms with E-state index in [0.717, 1.165) is 22.0 Å². The van der Waals surface area contributed by atoms with E-state index in [0.29, 0.717) is 0 Å². The molecule has 2 heterocycles. The highest BCUT2D eigenvalue weighted by Gasteiger charge is 2.09. The molecular weight excluding hydrogens is 260 g/mol. The topological polar surface area (TPSA) is 38.9 Å². The van der Waals surface area contributed by atoms with Crippen molar-refractivity contribution < 1.29 is 0 Å². The van der Waals surface area contributed by atoms with E-state index in [-0.39, 0.29) is 0 Å². The summed E-state index contributed by atoms with van der Waals surface area (Å²) >= 11 is 3.39. The molecule has 0 atom stereocenters. The molecule has 18 heavy (non-hydrogen) atoms. The lowest BCUT2D eigenvalue weighted by molar-refractivity contribution is 1.39. The summed E-state index contributed by atoms with van der Waals surface area (Å²) in [5.74, 6) is 0. The molecule has 3 aromatic rings. The number of nitrogens with zero attached hydrogens (tertiary/aromatic N) is 1. The van der Waals surface area contributed by atoms with Crippen LogP contribution in [0.5, 0.6) is 0 Å². The van der Waals surface area contributed by atoms with Crippen LogP contribution in [0.4, 0.5) is 5.69 Å². The molecule has 0 aliphatic carbocycles. The van der Waals surface area contributed by atoms with E-state index in [1.54, 1.807) is 22.7 Å². The highest BCUT2D eigenvalue weighted by atomic mass is 32.1. The third kappa shape index (κ3) is 2.05.